The Balaban J connectivity index is 1.91. The quantitative estimate of drug-likeness (QED) is 0.795. The van der Waals surface area contributed by atoms with E-state index in [9.17, 15) is 0 Å². The van der Waals surface area contributed by atoms with E-state index in [1.165, 1.54) is 32.1 Å². The summed E-state index contributed by atoms with van der Waals surface area (Å²) in [6, 6.07) is 0.476. The van der Waals surface area contributed by atoms with Crippen molar-refractivity contribution < 1.29 is 9.84 Å². The summed E-state index contributed by atoms with van der Waals surface area (Å²) in [5.74, 6) is 0.755. The largest absolute Gasteiger partial charge is 0.395 e. The topological polar surface area (TPSA) is 32.7 Å². The van der Waals surface area contributed by atoms with E-state index in [0.717, 1.165) is 25.6 Å². The van der Waals surface area contributed by atoms with Crippen molar-refractivity contribution in [3.8, 4) is 0 Å². The molecule has 0 aromatic heterocycles. The van der Waals surface area contributed by atoms with Crippen LogP contribution in [0.4, 0.5) is 0 Å². The van der Waals surface area contributed by atoms with Crippen molar-refractivity contribution in [3.05, 3.63) is 0 Å². The molecule has 3 nitrogen and oxygen atoms in total. The molecule has 2 atom stereocenters. The zero-order valence-electron chi connectivity index (χ0n) is 10.4. The summed E-state index contributed by atoms with van der Waals surface area (Å²) in [5.41, 5.74) is 0. The van der Waals surface area contributed by atoms with Gasteiger partial charge in [0, 0.05) is 19.1 Å². The molecule has 2 rings (SSSR count). The van der Waals surface area contributed by atoms with Gasteiger partial charge in [-0.05, 0) is 25.7 Å². The first-order valence-electron chi connectivity index (χ1n) is 6.79. The maximum Gasteiger partial charge on any atom is 0.0756 e. The highest BCUT2D eigenvalue weighted by atomic mass is 16.5. The van der Waals surface area contributed by atoms with Gasteiger partial charge in [-0.1, -0.05) is 19.3 Å². The summed E-state index contributed by atoms with van der Waals surface area (Å²) in [5, 5.41) is 9.05. The molecule has 0 amide bonds. The molecule has 1 saturated carbocycles. The summed E-state index contributed by atoms with van der Waals surface area (Å²) in [6.07, 6.45) is 7.22. The summed E-state index contributed by atoms with van der Waals surface area (Å²) >= 11 is 0. The number of aliphatic hydroxyl groups is 1. The minimum Gasteiger partial charge on any atom is -0.395 e. The van der Waals surface area contributed by atoms with Gasteiger partial charge in [0.25, 0.3) is 0 Å². The summed E-state index contributed by atoms with van der Waals surface area (Å²) in [6.45, 7) is 5.14. The van der Waals surface area contributed by atoms with Gasteiger partial charge in [-0.15, -0.1) is 0 Å². The van der Waals surface area contributed by atoms with E-state index in [4.69, 9.17) is 9.84 Å². The van der Waals surface area contributed by atoms with Crippen molar-refractivity contribution in [2.24, 2.45) is 5.92 Å². The van der Waals surface area contributed by atoms with Gasteiger partial charge < -0.3 is 9.84 Å². The van der Waals surface area contributed by atoms with Crippen molar-refractivity contribution >= 4 is 0 Å². The SMILES string of the molecule is CC1C(C2CCCCC2)OCCN1CCO. The summed E-state index contributed by atoms with van der Waals surface area (Å²) in [7, 11) is 0. The second-order valence-electron chi connectivity index (χ2n) is 5.23. The first-order valence-corrected chi connectivity index (χ1v) is 6.79. The Labute approximate surface area is 98.8 Å². The number of hydrogen-bond acceptors (Lipinski definition) is 3. The Hall–Kier alpha value is -0.120. The molecule has 0 spiro atoms. The van der Waals surface area contributed by atoms with Crippen LogP contribution in [0.5, 0.6) is 0 Å². The third-order valence-corrected chi connectivity index (χ3v) is 4.24. The van der Waals surface area contributed by atoms with Gasteiger partial charge in [0.2, 0.25) is 0 Å². The zero-order valence-corrected chi connectivity index (χ0v) is 10.4. The smallest absolute Gasteiger partial charge is 0.0756 e. The highest BCUT2D eigenvalue weighted by Crippen LogP contribution is 2.32. The average Bonchev–Trinajstić information content (AvgIpc) is 2.33. The molecular weight excluding hydrogens is 202 g/mol. The molecule has 2 unspecified atom stereocenters. The van der Waals surface area contributed by atoms with Crippen molar-refractivity contribution in [3.63, 3.8) is 0 Å². The number of β-amino-alcohol motifs (C(OH)–C–C–N with tert-alkyl or cyclic N) is 1. The number of rotatable bonds is 3. The molecular formula is C13H25NO2. The third kappa shape index (κ3) is 2.76. The van der Waals surface area contributed by atoms with Crippen LogP contribution in [0.2, 0.25) is 0 Å². The highest BCUT2D eigenvalue weighted by molar-refractivity contribution is 4.86. The van der Waals surface area contributed by atoms with Crippen LogP contribution in [0.3, 0.4) is 0 Å². The molecule has 0 aromatic rings. The molecule has 0 aromatic carbocycles. The molecule has 16 heavy (non-hydrogen) atoms. The number of nitrogens with zero attached hydrogens (tertiary/aromatic N) is 1. The fourth-order valence-electron chi connectivity index (χ4n) is 3.29. The van der Waals surface area contributed by atoms with Crippen LogP contribution in [0.15, 0.2) is 0 Å². The molecule has 2 fully saturated rings. The Morgan fingerprint density at radius 3 is 2.69 bits per heavy atom. The molecule has 0 radical (unpaired) electrons. The van der Waals surface area contributed by atoms with E-state index in [1.54, 1.807) is 0 Å². The molecule has 1 aliphatic heterocycles. The molecule has 1 N–H and O–H groups in total. The number of aliphatic hydroxyl groups excluding tert-OH is 1. The Morgan fingerprint density at radius 1 is 1.25 bits per heavy atom. The average molecular weight is 227 g/mol. The number of morpholine rings is 1. The fourth-order valence-corrected chi connectivity index (χ4v) is 3.29. The van der Waals surface area contributed by atoms with Crippen LogP contribution < -0.4 is 0 Å². The first-order chi connectivity index (χ1) is 7.83. The van der Waals surface area contributed by atoms with Crippen molar-refractivity contribution in [1.82, 2.24) is 4.90 Å². The lowest BCUT2D eigenvalue weighted by Gasteiger charge is -2.43. The number of ether oxygens (including phenoxy) is 1. The molecule has 94 valence electrons. The van der Waals surface area contributed by atoms with E-state index in [0.29, 0.717) is 12.1 Å². The standard InChI is InChI=1S/C13H25NO2/c1-11-13(12-5-3-2-4-6-12)16-10-8-14(11)7-9-15/h11-13,15H,2-10H2,1H3. The molecule has 0 bridgehead atoms. The van der Waals surface area contributed by atoms with Crippen LogP contribution >= 0.6 is 0 Å². The normalized spacial score (nSPS) is 34.1. The number of hydrogen-bond donors (Lipinski definition) is 1. The van der Waals surface area contributed by atoms with Crippen molar-refractivity contribution in [2.45, 2.75) is 51.2 Å². The third-order valence-electron chi connectivity index (χ3n) is 4.24. The summed E-state index contributed by atoms with van der Waals surface area (Å²) in [4.78, 5) is 2.38. The zero-order chi connectivity index (χ0) is 11.4. The minimum absolute atomic E-state index is 0.266. The first kappa shape index (κ1) is 12.3. The maximum atomic E-state index is 9.05. The molecule has 1 saturated heterocycles. The monoisotopic (exact) mass is 227 g/mol. The summed E-state index contributed by atoms with van der Waals surface area (Å²) < 4.78 is 5.98. The van der Waals surface area contributed by atoms with Crippen LogP contribution in [0.1, 0.15) is 39.0 Å². The van der Waals surface area contributed by atoms with Gasteiger partial charge in [-0.2, -0.15) is 0 Å². The maximum absolute atomic E-state index is 9.05. The molecule has 2 aliphatic rings. The lowest BCUT2D eigenvalue weighted by atomic mass is 9.82. The minimum atomic E-state index is 0.266. The Bertz CT molecular complexity index is 202. The Morgan fingerprint density at radius 2 is 2.00 bits per heavy atom. The molecule has 1 aliphatic carbocycles. The van der Waals surface area contributed by atoms with Crippen molar-refractivity contribution in [2.75, 3.05) is 26.3 Å². The van der Waals surface area contributed by atoms with E-state index >= 15 is 0 Å². The van der Waals surface area contributed by atoms with Gasteiger partial charge in [0.05, 0.1) is 19.3 Å². The second kappa shape index (κ2) is 5.99. The van der Waals surface area contributed by atoms with Gasteiger partial charge in [-0.25, -0.2) is 0 Å². The Kier molecular flexibility index (Phi) is 4.62. The highest BCUT2D eigenvalue weighted by Gasteiger charge is 2.34. The van der Waals surface area contributed by atoms with Crippen LogP contribution in [-0.2, 0) is 4.74 Å². The van der Waals surface area contributed by atoms with Crippen LogP contribution in [0.25, 0.3) is 0 Å². The van der Waals surface area contributed by atoms with Gasteiger partial charge in [-0.3, -0.25) is 4.90 Å². The fraction of sp³-hybridized carbons (Fsp3) is 1.00. The van der Waals surface area contributed by atoms with Crippen LogP contribution in [0, 0.1) is 5.92 Å². The van der Waals surface area contributed by atoms with Gasteiger partial charge in [0.15, 0.2) is 0 Å². The predicted molar refractivity (Wildman–Crippen MR) is 64.4 cm³/mol. The van der Waals surface area contributed by atoms with E-state index in [2.05, 4.69) is 11.8 Å². The lowest BCUT2D eigenvalue weighted by molar-refractivity contribution is -0.0999. The van der Waals surface area contributed by atoms with Crippen molar-refractivity contribution in [1.29, 1.82) is 0 Å². The van der Waals surface area contributed by atoms with E-state index in [1.807, 2.05) is 0 Å². The van der Waals surface area contributed by atoms with E-state index < -0.39 is 0 Å². The second-order valence-corrected chi connectivity index (χ2v) is 5.23. The van der Waals surface area contributed by atoms with E-state index in [-0.39, 0.29) is 6.61 Å². The molecule has 3 heteroatoms. The lowest BCUT2D eigenvalue weighted by Crippen LogP contribution is -2.53. The predicted octanol–water partition coefficient (Wildman–Crippen LogP) is 1.65. The van der Waals surface area contributed by atoms with Gasteiger partial charge >= 0.3 is 0 Å². The molecule has 1 heterocycles. The van der Waals surface area contributed by atoms with Crippen LogP contribution in [-0.4, -0.2) is 48.5 Å². The van der Waals surface area contributed by atoms with Gasteiger partial charge in [0.1, 0.15) is 0 Å².